The van der Waals surface area contributed by atoms with Crippen molar-refractivity contribution in [1.29, 1.82) is 0 Å². The van der Waals surface area contributed by atoms with Gasteiger partial charge in [-0.2, -0.15) is 0 Å². The molecule has 0 saturated carbocycles. The van der Waals surface area contributed by atoms with E-state index >= 15 is 0 Å². The Balaban J connectivity index is 2.28. The molecule has 0 saturated heterocycles. The van der Waals surface area contributed by atoms with Gasteiger partial charge in [0.2, 0.25) is 0 Å². The molecule has 6 heteroatoms. The number of unbranched alkanes of at least 4 members (excludes halogenated alkanes) is 4. The lowest BCUT2D eigenvalue weighted by Crippen LogP contribution is -2.37. The van der Waals surface area contributed by atoms with Gasteiger partial charge in [0.1, 0.15) is 5.75 Å². The van der Waals surface area contributed by atoms with E-state index in [0.717, 1.165) is 12.2 Å². The fraction of sp³-hybridized carbons (Fsp3) is 0.556. The third-order valence-electron chi connectivity index (χ3n) is 3.49. The molecule has 6 nitrogen and oxygen atoms in total. The molecule has 0 aromatic heterocycles. The van der Waals surface area contributed by atoms with Crippen molar-refractivity contribution in [1.82, 2.24) is 5.32 Å². The second-order valence-corrected chi connectivity index (χ2v) is 5.88. The van der Waals surface area contributed by atoms with Gasteiger partial charge in [-0.25, -0.2) is 4.79 Å². The number of carbonyl (C=O) groups excluding carboxylic acids is 1. The Morgan fingerprint density at radius 1 is 1.12 bits per heavy atom. The lowest BCUT2D eigenvalue weighted by molar-refractivity contribution is -0.137. The van der Waals surface area contributed by atoms with Crippen LogP contribution in [-0.2, 0) is 4.79 Å². The molecule has 0 unspecified atom stereocenters. The van der Waals surface area contributed by atoms with Gasteiger partial charge in [-0.3, -0.25) is 4.79 Å². The number of nitrogens with one attached hydrogen (secondary N) is 2. The van der Waals surface area contributed by atoms with Crippen LogP contribution >= 0.6 is 0 Å². The molecule has 0 spiro atoms. The molecule has 1 aromatic rings. The number of carboxylic acid groups (broad SMARTS) is 1. The lowest BCUT2D eigenvalue weighted by Gasteiger charge is -2.13. The van der Waals surface area contributed by atoms with Gasteiger partial charge in [-0.15, -0.1) is 0 Å². The highest BCUT2D eigenvalue weighted by Gasteiger charge is 2.10. The van der Waals surface area contributed by atoms with Crippen LogP contribution in [0.4, 0.5) is 10.5 Å². The minimum atomic E-state index is -0.945. The summed E-state index contributed by atoms with van der Waals surface area (Å²) in [6, 6.07) is 6.28. The summed E-state index contributed by atoms with van der Waals surface area (Å²) in [5.41, 5.74) is 0.630. The Morgan fingerprint density at radius 2 is 1.79 bits per heavy atom. The number of hydrogen-bond acceptors (Lipinski definition) is 3. The van der Waals surface area contributed by atoms with Crippen molar-refractivity contribution >= 4 is 17.7 Å². The molecule has 0 fully saturated rings. The van der Waals surface area contributed by atoms with Crippen LogP contribution in [-0.4, -0.2) is 29.8 Å². The summed E-state index contributed by atoms with van der Waals surface area (Å²) in [5, 5.41) is 13.9. The molecule has 1 aromatic carbocycles. The van der Waals surface area contributed by atoms with Crippen LogP contribution in [0.25, 0.3) is 0 Å². The molecule has 0 aliphatic carbocycles. The first-order valence-corrected chi connectivity index (χ1v) is 8.53. The van der Waals surface area contributed by atoms with Crippen LogP contribution in [0.3, 0.4) is 0 Å². The molecule has 0 aliphatic heterocycles. The number of aliphatic carboxylic acids is 1. The maximum Gasteiger partial charge on any atom is 0.319 e. The summed E-state index contributed by atoms with van der Waals surface area (Å²) in [6.45, 7) is 4.54. The Kier molecular flexibility index (Phi) is 9.34. The quantitative estimate of drug-likeness (QED) is 0.533. The standard InChI is InChI=1S/C18H28N2O4/c1-3-4-5-6-7-12-24-16-10-8-15(9-11-16)20-18(23)19-14(2)13-17(21)22/h8-11,14H,3-7,12-13H2,1-2H3,(H,21,22)(H2,19,20,23)/t14-/m1/s1. The topological polar surface area (TPSA) is 87.7 Å². The first-order chi connectivity index (χ1) is 11.5. The second kappa shape index (κ2) is 11.3. The highest BCUT2D eigenvalue weighted by atomic mass is 16.5. The number of urea groups is 1. The first kappa shape index (κ1) is 19.8. The fourth-order valence-corrected chi connectivity index (χ4v) is 2.23. The maximum atomic E-state index is 11.7. The second-order valence-electron chi connectivity index (χ2n) is 5.88. The molecule has 1 rings (SSSR count). The van der Waals surface area contributed by atoms with Crippen LogP contribution in [0.1, 0.15) is 52.4 Å². The van der Waals surface area contributed by atoms with Crippen molar-refractivity contribution in [2.75, 3.05) is 11.9 Å². The van der Waals surface area contributed by atoms with Gasteiger partial charge in [0.15, 0.2) is 0 Å². The van der Waals surface area contributed by atoms with Gasteiger partial charge >= 0.3 is 12.0 Å². The predicted octanol–water partition coefficient (Wildman–Crippen LogP) is 4.02. The molecule has 1 atom stereocenters. The number of carboxylic acids is 1. The SMILES string of the molecule is CCCCCCCOc1ccc(NC(=O)N[C@H](C)CC(=O)O)cc1. The summed E-state index contributed by atoms with van der Waals surface area (Å²) in [6.07, 6.45) is 5.87. The Hall–Kier alpha value is -2.24. The Labute approximate surface area is 143 Å². The van der Waals surface area contributed by atoms with Crippen molar-refractivity contribution in [2.45, 2.75) is 58.4 Å². The van der Waals surface area contributed by atoms with E-state index in [0.29, 0.717) is 12.3 Å². The van der Waals surface area contributed by atoms with Crippen LogP contribution in [0.2, 0.25) is 0 Å². The van der Waals surface area contributed by atoms with E-state index in [1.165, 1.54) is 25.7 Å². The van der Waals surface area contributed by atoms with E-state index in [4.69, 9.17) is 9.84 Å². The van der Waals surface area contributed by atoms with Crippen molar-refractivity contribution in [2.24, 2.45) is 0 Å². The van der Waals surface area contributed by atoms with E-state index in [9.17, 15) is 9.59 Å². The molecule has 0 heterocycles. The zero-order valence-electron chi connectivity index (χ0n) is 14.5. The van der Waals surface area contributed by atoms with Gasteiger partial charge in [-0.05, 0) is 37.6 Å². The average Bonchev–Trinajstić information content (AvgIpc) is 2.51. The monoisotopic (exact) mass is 336 g/mol. The largest absolute Gasteiger partial charge is 0.494 e. The summed E-state index contributed by atoms with van der Waals surface area (Å²) in [5.74, 6) is -0.172. The van der Waals surface area contributed by atoms with Crippen LogP contribution in [0, 0.1) is 0 Å². The molecule has 0 aliphatic rings. The maximum absolute atomic E-state index is 11.7. The van der Waals surface area contributed by atoms with Crippen LogP contribution < -0.4 is 15.4 Å². The van der Waals surface area contributed by atoms with Crippen molar-refractivity contribution in [3.63, 3.8) is 0 Å². The third kappa shape index (κ3) is 9.02. The van der Waals surface area contributed by atoms with Gasteiger partial charge in [-0.1, -0.05) is 32.6 Å². The van der Waals surface area contributed by atoms with Crippen molar-refractivity contribution < 1.29 is 19.4 Å². The molecule has 134 valence electrons. The van der Waals surface area contributed by atoms with E-state index in [1.807, 2.05) is 12.1 Å². The molecule has 0 radical (unpaired) electrons. The van der Waals surface area contributed by atoms with E-state index < -0.39 is 18.0 Å². The van der Waals surface area contributed by atoms with Gasteiger partial charge in [0, 0.05) is 11.7 Å². The lowest BCUT2D eigenvalue weighted by atomic mass is 10.2. The predicted molar refractivity (Wildman–Crippen MR) is 94.6 cm³/mol. The number of anilines is 1. The highest BCUT2D eigenvalue weighted by molar-refractivity contribution is 5.89. The number of carbonyl (C=O) groups is 2. The highest BCUT2D eigenvalue weighted by Crippen LogP contribution is 2.16. The van der Waals surface area contributed by atoms with Crippen LogP contribution in [0.5, 0.6) is 5.75 Å². The molecule has 0 bridgehead atoms. The summed E-state index contributed by atoms with van der Waals surface area (Å²) >= 11 is 0. The number of rotatable bonds is 11. The van der Waals surface area contributed by atoms with E-state index in [-0.39, 0.29) is 6.42 Å². The number of amides is 2. The van der Waals surface area contributed by atoms with Crippen molar-refractivity contribution in [3.8, 4) is 5.75 Å². The van der Waals surface area contributed by atoms with Crippen LogP contribution in [0.15, 0.2) is 24.3 Å². The van der Waals surface area contributed by atoms with Gasteiger partial charge in [0.25, 0.3) is 0 Å². The van der Waals surface area contributed by atoms with E-state index in [1.54, 1.807) is 19.1 Å². The molecular weight excluding hydrogens is 308 g/mol. The fourth-order valence-electron chi connectivity index (χ4n) is 2.23. The minimum absolute atomic E-state index is 0.113. The van der Waals surface area contributed by atoms with E-state index in [2.05, 4.69) is 17.6 Å². The Bertz CT molecular complexity index is 502. The zero-order valence-corrected chi connectivity index (χ0v) is 14.5. The molecule has 3 N–H and O–H groups in total. The summed E-state index contributed by atoms with van der Waals surface area (Å²) in [4.78, 5) is 22.3. The number of ether oxygens (including phenoxy) is 1. The normalized spacial score (nSPS) is 11.6. The third-order valence-corrected chi connectivity index (χ3v) is 3.49. The molecule has 24 heavy (non-hydrogen) atoms. The number of benzene rings is 1. The minimum Gasteiger partial charge on any atom is -0.494 e. The zero-order chi connectivity index (χ0) is 17.8. The molecule has 2 amide bonds. The van der Waals surface area contributed by atoms with Gasteiger partial charge < -0.3 is 20.5 Å². The van der Waals surface area contributed by atoms with Crippen molar-refractivity contribution in [3.05, 3.63) is 24.3 Å². The number of hydrogen-bond donors (Lipinski definition) is 3. The molecular formula is C18H28N2O4. The average molecular weight is 336 g/mol. The summed E-state index contributed by atoms with van der Waals surface area (Å²) < 4.78 is 5.66. The first-order valence-electron chi connectivity index (χ1n) is 8.53. The summed E-state index contributed by atoms with van der Waals surface area (Å²) in [7, 11) is 0. The van der Waals surface area contributed by atoms with Gasteiger partial charge in [0.05, 0.1) is 13.0 Å². The smallest absolute Gasteiger partial charge is 0.319 e. The Morgan fingerprint density at radius 3 is 2.42 bits per heavy atom.